The van der Waals surface area contributed by atoms with Crippen molar-refractivity contribution >= 4 is 17.6 Å². The van der Waals surface area contributed by atoms with E-state index in [1.54, 1.807) is 0 Å². The molecule has 0 aromatic heterocycles. The molecule has 0 saturated carbocycles. The molecule has 1 rings (SSSR count). The van der Waals surface area contributed by atoms with Gasteiger partial charge in [0.2, 0.25) is 0 Å². The Labute approximate surface area is 90.3 Å². The second-order valence-electron chi connectivity index (χ2n) is 3.62. The van der Waals surface area contributed by atoms with E-state index in [1.807, 2.05) is 6.08 Å². The lowest BCUT2D eigenvalue weighted by molar-refractivity contribution is -0.139. The van der Waals surface area contributed by atoms with Crippen LogP contribution in [0.15, 0.2) is 11.6 Å². The van der Waals surface area contributed by atoms with Crippen molar-refractivity contribution in [2.24, 2.45) is 0 Å². The number of halogens is 1. The van der Waals surface area contributed by atoms with E-state index in [2.05, 4.69) is 6.92 Å². The molecule has 0 aromatic carbocycles. The summed E-state index contributed by atoms with van der Waals surface area (Å²) in [5.74, 6) is 0.0325. The molecule has 0 spiro atoms. The van der Waals surface area contributed by atoms with Crippen LogP contribution in [0.4, 0.5) is 0 Å². The van der Waals surface area contributed by atoms with E-state index in [9.17, 15) is 4.79 Å². The number of esters is 1. The number of cyclic esters (lactones) is 1. The molecule has 1 aliphatic rings. The SMILES string of the molecule is CCCCCCC1C=C(CCl)C(=O)O1. The van der Waals surface area contributed by atoms with Gasteiger partial charge in [-0.25, -0.2) is 4.79 Å². The highest BCUT2D eigenvalue weighted by Gasteiger charge is 2.23. The predicted molar refractivity (Wildman–Crippen MR) is 57.4 cm³/mol. The molecule has 1 heterocycles. The first kappa shape index (κ1) is 11.6. The third-order valence-corrected chi connectivity index (χ3v) is 2.68. The number of carbonyl (C=O) groups is 1. The van der Waals surface area contributed by atoms with Gasteiger partial charge in [-0.1, -0.05) is 26.2 Å². The van der Waals surface area contributed by atoms with Gasteiger partial charge in [-0.15, -0.1) is 11.6 Å². The summed E-state index contributed by atoms with van der Waals surface area (Å²) < 4.78 is 5.13. The summed E-state index contributed by atoms with van der Waals surface area (Å²) in [5, 5.41) is 0. The standard InChI is InChI=1S/C11H17ClO2/c1-2-3-4-5-6-10-7-9(8-12)11(13)14-10/h7,10H,2-6,8H2,1H3. The molecule has 14 heavy (non-hydrogen) atoms. The van der Waals surface area contributed by atoms with Crippen molar-refractivity contribution in [1.29, 1.82) is 0 Å². The number of unbranched alkanes of at least 4 members (excludes halogenated alkanes) is 3. The molecule has 0 amide bonds. The van der Waals surface area contributed by atoms with E-state index in [1.165, 1.54) is 19.3 Å². The lowest BCUT2D eigenvalue weighted by atomic mass is 10.1. The molecule has 0 bridgehead atoms. The molecule has 0 aromatic rings. The second kappa shape index (κ2) is 6.07. The Balaban J connectivity index is 2.21. The Kier molecular flexibility index (Phi) is 5.02. The maximum Gasteiger partial charge on any atom is 0.335 e. The summed E-state index contributed by atoms with van der Waals surface area (Å²) in [6.07, 6.45) is 7.60. The van der Waals surface area contributed by atoms with E-state index in [0.717, 1.165) is 12.8 Å². The van der Waals surface area contributed by atoms with E-state index < -0.39 is 0 Å². The number of carbonyl (C=O) groups excluding carboxylic acids is 1. The third kappa shape index (κ3) is 3.33. The van der Waals surface area contributed by atoms with Gasteiger partial charge in [0.1, 0.15) is 6.10 Å². The van der Waals surface area contributed by atoms with Gasteiger partial charge in [0, 0.05) is 0 Å². The molecule has 0 N–H and O–H groups in total. The summed E-state index contributed by atoms with van der Waals surface area (Å²) in [5.41, 5.74) is 0.618. The molecule has 3 heteroatoms. The summed E-state index contributed by atoms with van der Waals surface area (Å²) in [7, 11) is 0. The fraction of sp³-hybridized carbons (Fsp3) is 0.727. The zero-order valence-corrected chi connectivity index (χ0v) is 9.35. The van der Waals surface area contributed by atoms with Crippen LogP contribution in [0.25, 0.3) is 0 Å². The lowest BCUT2D eigenvalue weighted by Gasteiger charge is -2.06. The number of hydrogen-bond acceptors (Lipinski definition) is 2. The monoisotopic (exact) mass is 216 g/mol. The highest BCUT2D eigenvalue weighted by Crippen LogP contribution is 2.19. The average Bonchev–Trinajstić information content (AvgIpc) is 2.54. The van der Waals surface area contributed by atoms with Crippen LogP contribution in [0.5, 0.6) is 0 Å². The minimum absolute atomic E-state index is 0.0203. The van der Waals surface area contributed by atoms with Gasteiger partial charge in [-0.05, 0) is 18.9 Å². The molecule has 0 fully saturated rings. The van der Waals surface area contributed by atoms with Crippen molar-refractivity contribution in [2.45, 2.75) is 45.1 Å². The Morgan fingerprint density at radius 3 is 2.79 bits per heavy atom. The lowest BCUT2D eigenvalue weighted by Crippen LogP contribution is -2.08. The highest BCUT2D eigenvalue weighted by molar-refractivity contribution is 6.22. The van der Waals surface area contributed by atoms with Gasteiger partial charge in [-0.2, -0.15) is 0 Å². The quantitative estimate of drug-likeness (QED) is 0.388. The summed E-state index contributed by atoms with van der Waals surface area (Å²) in [4.78, 5) is 11.1. The van der Waals surface area contributed by atoms with Gasteiger partial charge in [-0.3, -0.25) is 0 Å². The van der Waals surface area contributed by atoms with Gasteiger partial charge < -0.3 is 4.74 Å². The van der Waals surface area contributed by atoms with Crippen molar-refractivity contribution in [1.82, 2.24) is 0 Å². The Morgan fingerprint density at radius 2 is 2.21 bits per heavy atom. The minimum Gasteiger partial charge on any atom is -0.455 e. The Hall–Kier alpha value is -0.500. The molecule has 2 nitrogen and oxygen atoms in total. The molecule has 0 saturated heterocycles. The maximum absolute atomic E-state index is 11.1. The van der Waals surface area contributed by atoms with Crippen LogP contribution in [-0.4, -0.2) is 18.0 Å². The van der Waals surface area contributed by atoms with Crippen LogP contribution in [0.2, 0.25) is 0 Å². The van der Waals surface area contributed by atoms with Crippen molar-refractivity contribution in [3.8, 4) is 0 Å². The van der Waals surface area contributed by atoms with E-state index in [-0.39, 0.29) is 18.0 Å². The first-order chi connectivity index (χ1) is 6.77. The zero-order chi connectivity index (χ0) is 10.4. The van der Waals surface area contributed by atoms with E-state index >= 15 is 0 Å². The van der Waals surface area contributed by atoms with Crippen LogP contribution < -0.4 is 0 Å². The molecule has 1 aliphatic heterocycles. The molecule has 1 atom stereocenters. The van der Waals surface area contributed by atoms with Gasteiger partial charge in [0.25, 0.3) is 0 Å². The third-order valence-electron chi connectivity index (χ3n) is 2.39. The summed E-state index contributed by atoms with van der Waals surface area (Å²) in [6, 6.07) is 0. The fourth-order valence-electron chi connectivity index (χ4n) is 1.55. The number of alkyl halides is 1. The van der Waals surface area contributed by atoms with Crippen molar-refractivity contribution in [3.05, 3.63) is 11.6 Å². The number of ether oxygens (including phenoxy) is 1. The van der Waals surface area contributed by atoms with Crippen molar-refractivity contribution < 1.29 is 9.53 Å². The minimum atomic E-state index is -0.236. The van der Waals surface area contributed by atoms with Crippen molar-refractivity contribution in [2.75, 3.05) is 5.88 Å². The molecular weight excluding hydrogens is 200 g/mol. The summed E-state index contributed by atoms with van der Waals surface area (Å²) in [6.45, 7) is 2.18. The second-order valence-corrected chi connectivity index (χ2v) is 3.89. The normalized spacial score (nSPS) is 20.9. The topological polar surface area (TPSA) is 26.3 Å². The highest BCUT2D eigenvalue weighted by atomic mass is 35.5. The van der Waals surface area contributed by atoms with Crippen molar-refractivity contribution in [3.63, 3.8) is 0 Å². The first-order valence-corrected chi connectivity index (χ1v) is 5.79. The van der Waals surface area contributed by atoms with Gasteiger partial charge >= 0.3 is 5.97 Å². The zero-order valence-electron chi connectivity index (χ0n) is 8.59. The van der Waals surface area contributed by atoms with Crippen LogP contribution in [0, 0.1) is 0 Å². The largest absolute Gasteiger partial charge is 0.455 e. The molecule has 0 radical (unpaired) electrons. The Morgan fingerprint density at radius 1 is 1.43 bits per heavy atom. The number of hydrogen-bond donors (Lipinski definition) is 0. The van der Waals surface area contributed by atoms with Crippen LogP contribution in [-0.2, 0) is 9.53 Å². The van der Waals surface area contributed by atoms with Gasteiger partial charge in [0.05, 0.1) is 11.5 Å². The van der Waals surface area contributed by atoms with Gasteiger partial charge in [0.15, 0.2) is 0 Å². The molecule has 80 valence electrons. The van der Waals surface area contributed by atoms with Crippen LogP contribution >= 0.6 is 11.6 Å². The molecule has 0 aliphatic carbocycles. The average molecular weight is 217 g/mol. The van der Waals surface area contributed by atoms with Crippen LogP contribution in [0.1, 0.15) is 39.0 Å². The smallest absolute Gasteiger partial charge is 0.335 e. The fourth-order valence-corrected chi connectivity index (χ4v) is 1.75. The maximum atomic E-state index is 11.1. The molecule has 1 unspecified atom stereocenters. The summed E-state index contributed by atoms with van der Waals surface area (Å²) >= 11 is 5.58. The van der Waals surface area contributed by atoms with E-state index in [0.29, 0.717) is 5.57 Å². The number of rotatable bonds is 6. The predicted octanol–water partition coefficient (Wildman–Crippen LogP) is 3.05. The molecular formula is C11H17ClO2. The van der Waals surface area contributed by atoms with Crippen LogP contribution in [0.3, 0.4) is 0 Å². The Bertz CT molecular complexity index is 223. The first-order valence-electron chi connectivity index (χ1n) is 5.25. The van der Waals surface area contributed by atoms with E-state index in [4.69, 9.17) is 16.3 Å².